The van der Waals surface area contributed by atoms with Gasteiger partial charge in [0, 0.05) is 21.0 Å². The van der Waals surface area contributed by atoms with E-state index in [1.165, 1.54) is 6.07 Å². The number of carbonyl (C=O) groups is 2. The molecule has 0 spiro atoms. The Labute approximate surface area is 192 Å². The highest BCUT2D eigenvalue weighted by molar-refractivity contribution is 6.35. The maximum absolute atomic E-state index is 13.0. The average molecular weight is 475 g/mol. The maximum Gasteiger partial charge on any atom is 0.262 e. The van der Waals surface area contributed by atoms with Gasteiger partial charge in [0.15, 0.2) is 12.4 Å². The number of para-hydroxylation sites is 1. The van der Waals surface area contributed by atoms with Crippen LogP contribution in [0, 0.1) is 0 Å². The van der Waals surface area contributed by atoms with E-state index in [1.807, 2.05) is 0 Å². The topological polar surface area (TPSA) is 68.5 Å². The quantitative estimate of drug-likeness (QED) is 0.318. The third-order valence-corrected chi connectivity index (χ3v) is 5.21. The van der Waals surface area contributed by atoms with E-state index in [0.717, 1.165) is 0 Å². The van der Waals surface area contributed by atoms with Gasteiger partial charge in [-0.3, -0.25) is 9.59 Å². The summed E-state index contributed by atoms with van der Waals surface area (Å²) in [4.78, 5) is 25.6. The lowest BCUT2D eigenvalue weighted by Gasteiger charge is -2.09. The van der Waals surface area contributed by atoms with E-state index >= 15 is 0 Å². The van der Waals surface area contributed by atoms with Crippen molar-refractivity contribution >= 4 is 63.1 Å². The van der Waals surface area contributed by atoms with Crippen molar-refractivity contribution < 1.29 is 18.7 Å². The summed E-state index contributed by atoms with van der Waals surface area (Å²) < 4.78 is 11.2. The largest absolute Gasteiger partial charge is 0.482 e. The third kappa shape index (κ3) is 4.69. The van der Waals surface area contributed by atoms with Crippen LogP contribution in [0.5, 0.6) is 5.75 Å². The molecule has 1 heterocycles. The second-order valence-corrected chi connectivity index (χ2v) is 7.83. The Bertz CT molecular complexity index is 1280. The Hall–Kier alpha value is -2.99. The lowest BCUT2D eigenvalue weighted by molar-refractivity contribution is -0.118. The molecule has 0 bridgehead atoms. The first-order chi connectivity index (χ1) is 14.9. The number of amides is 1. The number of hydrogen-bond donors (Lipinski definition) is 1. The number of ether oxygens (including phenoxy) is 1. The van der Waals surface area contributed by atoms with Crippen LogP contribution in [0.2, 0.25) is 15.1 Å². The number of ketones is 1. The van der Waals surface area contributed by atoms with Crippen molar-refractivity contribution in [2.45, 2.75) is 0 Å². The van der Waals surface area contributed by atoms with Crippen molar-refractivity contribution in [2.24, 2.45) is 0 Å². The fourth-order valence-corrected chi connectivity index (χ4v) is 3.56. The molecular weight excluding hydrogens is 461 g/mol. The van der Waals surface area contributed by atoms with Gasteiger partial charge in [-0.1, -0.05) is 46.9 Å². The van der Waals surface area contributed by atoms with Gasteiger partial charge in [-0.25, -0.2) is 0 Å². The van der Waals surface area contributed by atoms with Crippen molar-refractivity contribution in [2.75, 3.05) is 11.9 Å². The van der Waals surface area contributed by atoms with Crippen LogP contribution in [0.1, 0.15) is 16.1 Å². The lowest BCUT2D eigenvalue weighted by atomic mass is 10.1. The number of hydrogen-bond acceptors (Lipinski definition) is 4. The predicted molar refractivity (Wildman–Crippen MR) is 122 cm³/mol. The summed E-state index contributed by atoms with van der Waals surface area (Å²) in [6.07, 6.45) is 0. The van der Waals surface area contributed by atoms with Crippen molar-refractivity contribution in [3.05, 3.63) is 93.1 Å². The standard InChI is InChI=1S/C23H14Cl3NO4/c24-14-7-5-13(6-8-14)22(29)23-21(16-3-1-2-4-18(16)31-23)27-20(28)12-30-19-10-9-15(25)11-17(19)26/h1-11H,12H2,(H,27,28). The molecule has 0 aliphatic heterocycles. The number of anilines is 1. The molecule has 5 nitrogen and oxygen atoms in total. The third-order valence-electron chi connectivity index (χ3n) is 4.43. The zero-order valence-electron chi connectivity index (χ0n) is 15.8. The average Bonchev–Trinajstić information content (AvgIpc) is 3.11. The van der Waals surface area contributed by atoms with Gasteiger partial charge in [-0.05, 0) is 54.6 Å². The van der Waals surface area contributed by atoms with E-state index in [1.54, 1.807) is 60.7 Å². The molecule has 3 aromatic carbocycles. The van der Waals surface area contributed by atoms with E-state index in [-0.39, 0.29) is 28.9 Å². The number of nitrogens with one attached hydrogen (secondary N) is 1. The van der Waals surface area contributed by atoms with E-state index in [2.05, 4.69) is 5.32 Å². The molecule has 1 N–H and O–H groups in total. The van der Waals surface area contributed by atoms with Crippen LogP contribution < -0.4 is 10.1 Å². The lowest BCUT2D eigenvalue weighted by Crippen LogP contribution is -2.21. The molecule has 0 saturated heterocycles. The molecule has 0 atom stereocenters. The number of benzene rings is 3. The van der Waals surface area contributed by atoms with Gasteiger partial charge >= 0.3 is 0 Å². The fraction of sp³-hybridized carbons (Fsp3) is 0.0435. The molecule has 0 radical (unpaired) electrons. The van der Waals surface area contributed by atoms with Gasteiger partial charge < -0.3 is 14.5 Å². The SMILES string of the molecule is O=C(COc1ccc(Cl)cc1Cl)Nc1c(C(=O)c2ccc(Cl)cc2)oc2ccccc12. The first-order valence-corrected chi connectivity index (χ1v) is 10.3. The number of halogens is 3. The minimum atomic E-state index is -0.484. The highest BCUT2D eigenvalue weighted by atomic mass is 35.5. The molecule has 8 heteroatoms. The van der Waals surface area contributed by atoms with Crippen LogP contribution in [0.15, 0.2) is 71.1 Å². The summed E-state index contributed by atoms with van der Waals surface area (Å²) in [6.45, 7) is -0.324. The van der Waals surface area contributed by atoms with Crippen molar-refractivity contribution in [1.29, 1.82) is 0 Å². The highest BCUT2D eigenvalue weighted by Gasteiger charge is 2.23. The monoisotopic (exact) mass is 473 g/mol. The van der Waals surface area contributed by atoms with Gasteiger partial charge in [0.25, 0.3) is 5.91 Å². The molecule has 1 aromatic heterocycles. The second kappa shape index (κ2) is 9.02. The van der Waals surface area contributed by atoms with Crippen molar-refractivity contribution in [3.63, 3.8) is 0 Å². The van der Waals surface area contributed by atoms with Crippen molar-refractivity contribution in [3.8, 4) is 5.75 Å². The summed E-state index contributed by atoms with van der Waals surface area (Å²) in [6, 6.07) is 18.1. The summed E-state index contributed by atoms with van der Waals surface area (Å²) in [7, 11) is 0. The molecule has 1 amide bonds. The number of fused-ring (bicyclic) bond motifs is 1. The van der Waals surface area contributed by atoms with Gasteiger partial charge in [0.05, 0.1) is 10.7 Å². The van der Waals surface area contributed by atoms with Gasteiger partial charge in [-0.15, -0.1) is 0 Å². The Morgan fingerprint density at radius 3 is 2.35 bits per heavy atom. The molecule has 4 rings (SSSR count). The maximum atomic E-state index is 13.0. The van der Waals surface area contributed by atoms with Crippen LogP contribution in [0.3, 0.4) is 0 Å². The van der Waals surface area contributed by atoms with E-state index in [4.69, 9.17) is 44.0 Å². The van der Waals surface area contributed by atoms with E-state index in [0.29, 0.717) is 32.3 Å². The molecular formula is C23H14Cl3NO4. The minimum Gasteiger partial charge on any atom is -0.482 e. The molecule has 31 heavy (non-hydrogen) atoms. The van der Waals surface area contributed by atoms with Crippen LogP contribution >= 0.6 is 34.8 Å². The number of rotatable bonds is 6. The summed E-state index contributed by atoms with van der Waals surface area (Å²) in [5, 5.41) is 4.57. The van der Waals surface area contributed by atoms with Crippen LogP contribution in [-0.2, 0) is 4.79 Å². The molecule has 4 aromatic rings. The van der Waals surface area contributed by atoms with Crippen LogP contribution in [-0.4, -0.2) is 18.3 Å². The number of furan rings is 1. The van der Waals surface area contributed by atoms with Crippen molar-refractivity contribution in [1.82, 2.24) is 0 Å². The molecule has 0 saturated carbocycles. The van der Waals surface area contributed by atoms with Gasteiger partial charge in [0.2, 0.25) is 5.78 Å². The summed E-state index contributed by atoms with van der Waals surface area (Å²) >= 11 is 17.8. The Balaban J connectivity index is 1.60. The first-order valence-electron chi connectivity index (χ1n) is 9.12. The molecule has 0 aliphatic carbocycles. The molecule has 0 fully saturated rings. The van der Waals surface area contributed by atoms with Crippen LogP contribution in [0.4, 0.5) is 5.69 Å². The summed E-state index contributed by atoms with van der Waals surface area (Å²) in [5.74, 6) is -0.537. The van der Waals surface area contributed by atoms with E-state index < -0.39 is 5.91 Å². The predicted octanol–water partition coefficient (Wildman–Crippen LogP) is 6.64. The first kappa shape index (κ1) is 21.2. The van der Waals surface area contributed by atoms with Gasteiger partial charge in [0.1, 0.15) is 11.3 Å². The van der Waals surface area contributed by atoms with Gasteiger partial charge in [-0.2, -0.15) is 0 Å². The normalized spacial score (nSPS) is 10.8. The zero-order valence-corrected chi connectivity index (χ0v) is 18.1. The smallest absolute Gasteiger partial charge is 0.262 e. The number of carbonyl (C=O) groups excluding carboxylic acids is 2. The minimum absolute atomic E-state index is 0.0152. The Kier molecular flexibility index (Phi) is 6.18. The highest BCUT2D eigenvalue weighted by Crippen LogP contribution is 2.33. The Morgan fingerprint density at radius 2 is 1.61 bits per heavy atom. The Morgan fingerprint density at radius 1 is 0.903 bits per heavy atom. The van der Waals surface area contributed by atoms with Crippen LogP contribution in [0.25, 0.3) is 11.0 Å². The summed E-state index contributed by atoms with van der Waals surface area (Å²) in [5.41, 5.74) is 1.12. The zero-order chi connectivity index (χ0) is 22.0. The fourth-order valence-electron chi connectivity index (χ4n) is 2.97. The van der Waals surface area contributed by atoms with E-state index in [9.17, 15) is 9.59 Å². The molecule has 0 aliphatic rings. The molecule has 156 valence electrons. The second-order valence-electron chi connectivity index (χ2n) is 6.55. The molecule has 0 unspecified atom stereocenters.